The highest BCUT2D eigenvalue weighted by Gasteiger charge is 2.31. The van der Waals surface area contributed by atoms with Crippen molar-refractivity contribution in [1.29, 1.82) is 0 Å². The minimum atomic E-state index is 0.518. The summed E-state index contributed by atoms with van der Waals surface area (Å²) in [6, 6.07) is 2.23. The summed E-state index contributed by atoms with van der Waals surface area (Å²) in [4.78, 5) is 1.49. The topological polar surface area (TPSA) is 12.0 Å². The molecule has 1 saturated heterocycles. The number of hydrogen-bond acceptors (Lipinski definition) is 2. The van der Waals surface area contributed by atoms with E-state index in [0.717, 1.165) is 0 Å². The first kappa shape index (κ1) is 8.73. The zero-order valence-corrected chi connectivity index (χ0v) is 9.46. The number of nitrogens with one attached hydrogen (secondary N) is 1. The lowest BCUT2D eigenvalue weighted by molar-refractivity contribution is 0.197. The molecule has 0 amide bonds. The second kappa shape index (κ2) is 3.13. The first-order valence-electron chi connectivity index (χ1n) is 4.12. The Labute approximate surface area is 85.3 Å². The van der Waals surface area contributed by atoms with Gasteiger partial charge in [0.2, 0.25) is 0 Å². The Balaban J connectivity index is 2.03. The van der Waals surface area contributed by atoms with Crippen molar-refractivity contribution in [3.63, 3.8) is 0 Å². The van der Waals surface area contributed by atoms with E-state index in [1.54, 1.807) is 0 Å². The maximum Gasteiger partial charge on any atom is 0.0285 e. The third-order valence-corrected chi connectivity index (χ3v) is 4.02. The zero-order chi connectivity index (χ0) is 8.60. The normalized spacial score (nSPS) is 20.5. The Hall–Kier alpha value is 0.140. The van der Waals surface area contributed by atoms with E-state index in [-0.39, 0.29) is 0 Å². The van der Waals surface area contributed by atoms with Crippen LogP contribution in [0.2, 0.25) is 0 Å². The Kier molecular flexibility index (Phi) is 2.27. The van der Waals surface area contributed by atoms with Crippen LogP contribution in [-0.4, -0.2) is 13.1 Å². The van der Waals surface area contributed by atoms with Crippen LogP contribution in [0, 0.1) is 5.41 Å². The molecule has 0 aromatic carbocycles. The number of hydrogen-bond donors (Lipinski definition) is 1. The molecule has 0 aliphatic carbocycles. The molecule has 1 fully saturated rings. The fraction of sp³-hybridized carbons (Fsp3) is 0.556. The standard InChI is InChI=1S/C9H12BrNS/c1-9(5-11-6-9)3-8-2-7(10)4-12-8/h2,4,11H,3,5-6H2,1H3. The highest BCUT2D eigenvalue weighted by atomic mass is 79.9. The summed E-state index contributed by atoms with van der Waals surface area (Å²) in [7, 11) is 0. The lowest BCUT2D eigenvalue weighted by Crippen LogP contribution is -2.52. The van der Waals surface area contributed by atoms with Crippen LogP contribution in [0.3, 0.4) is 0 Å². The van der Waals surface area contributed by atoms with Gasteiger partial charge in [0, 0.05) is 27.8 Å². The minimum absolute atomic E-state index is 0.518. The van der Waals surface area contributed by atoms with Crippen LogP contribution in [0.1, 0.15) is 11.8 Å². The van der Waals surface area contributed by atoms with Gasteiger partial charge in [0.15, 0.2) is 0 Å². The largest absolute Gasteiger partial charge is 0.316 e. The van der Waals surface area contributed by atoms with E-state index in [0.29, 0.717) is 5.41 Å². The second-order valence-electron chi connectivity index (χ2n) is 3.82. The molecule has 1 aromatic rings. The maximum atomic E-state index is 3.47. The SMILES string of the molecule is CC1(Cc2cc(Br)cs2)CNC1. The smallest absolute Gasteiger partial charge is 0.0285 e. The molecule has 0 unspecified atom stereocenters. The van der Waals surface area contributed by atoms with Crippen molar-refractivity contribution in [3.8, 4) is 0 Å². The summed E-state index contributed by atoms with van der Waals surface area (Å²) < 4.78 is 1.22. The van der Waals surface area contributed by atoms with Gasteiger partial charge in [-0.2, -0.15) is 0 Å². The molecular formula is C9H12BrNS. The van der Waals surface area contributed by atoms with Crippen LogP contribution in [-0.2, 0) is 6.42 Å². The van der Waals surface area contributed by atoms with Gasteiger partial charge >= 0.3 is 0 Å². The highest BCUT2D eigenvalue weighted by molar-refractivity contribution is 9.10. The molecule has 1 aliphatic heterocycles. The monoisotopic (exact) mass is 245 g/mol. The Bertz CT molecular complexity index is 278. The Morgan fingerprint density at radius 2 is 2.42 bits per heavy atom. The lowest BCUT2D eigenvalue weighted by atomic mass is 9.80. The minimum Gasteiger partial charge on any atom is -0.316 e. The van der Waals surface area contributed by atoms with Crippen molar-refractivity contribution in [1.82, 2.24) is 5.32 Å². The molecule has 0 radical (unpaired) electrons. The van der Waals surface area contributed by atoms with Crippen LogP contribution >= 0.6 is 27.3 Å². The summed E-state index contributed by atoms with van der Waals surface area (Å²) in [5, 5.41) is 5.48. The third-order valence-electron chi connectivity index (χ3n) is 2.33. The molecule has 2 rings (SSSR count). The lowest BCUT2D eigenvalue weighted by Gasteiger charge is -2.39. The van der Waals surface area contributed by atoms with Gasteiger partial charge in [-0.1, -0.05) is 6.92 Å². The van der Waals surface area contributed by atoms with E-state index < -0.39 is 0 Å². The Morgan fingerprint density at radius 1 is 1.67 bits per heavy atom. The number of halogens is 1. The van der Waals surface area contributed by atoms with E-state index in [9.17, 15) is 0 Å². The molecular weight excluding hydrogens is 234 g/mol. The maximum absolute atomic E-state index is 3.47. The second-order valence-corrected chi connectivity index (χ2v) is 5.73. The summed E-state index contributed by atoms with van der Waals surface area (Å²) in [6.45, 7) is 4.68. The summed E-state index contributed by atoms with van der Waals surface area (Å²) in [5.41, 5.74) is 0.518. The molecule has 0 saturated carbocycles. The van der Waals surface area contributed by atoms with E-state index in [1.165, 1.54) is 28.9 Å². The molecule has 1 nitrogen and oxygen atoms in total. The molecule has 12 heavy (non-hydrogen) atoms. The molecule has 66 valence electrons. The summed E-state index contributed by atoms with van der Waals surface area (Å²) in [6.07, 6.45) is 1.22. The van der Waals surface area contributed by atoms with E-state index in [1.807, 2.05) is 11.3 Å². The van der Waals surface area contributed by atoms with Crippen LogP contribution < -0.4 is 5.32 Å². The van der Waals surface area contributed by atoms with Gasteiger partial charge in [0.1, 0.15) is 0 Å². The van der Waals surface area contributed by atoms with E-state index >= 15 is 0 Å². The van der Waals surface area contributed by atoms with Crippen molar-refractivity contribution in [2.24, 2.45) is 5.41 Å². The molecule has 0 spiro atoms. The van der Waals surface area contributed by atoms with Crippen molar-refractivity contribution in [2.75, 3.05) is 13.1 Å². The first-order chi connectivity index (χ1) is 5.68. The van der Waals surface area contributed by atoms with Crippen molar-refractivity contribution < 1.29 is 0 Å². The van der Waals surface area contributed by atoms with Gasteiger partial charge in [-0.25, -0.2) is 0 Å². The predicted octanol–water partition coefficient (Wildman–Crippen LogP) is 2.66. The van der Waals surface area contributed by atoms with Gasteiger partial charge in [-0.3, -0.25) is 0 Å². The van der Waals surface area contributed by atoms with E-state index in [2.05, 4.69) is 39.6 Å². The van der Waals surface area contributed by atoms with Gasteiger partial charge in [0.25, 0.3) is 0 Å². The van der Waals surface area contributed by atoms with Crippen molar-refractivity contribution in [3.05, 3.63) is 20.8 Å². The van der Waals surface area contributed by atoms with Crippen molar-refractivity contribution in [2.45, 2.75) is 13.3 Å². The average molecular weight is 246 g/mol. The summed E-state index contributed by atoms with van der Waals surface area (Å²) >= 11 is 5.33. The Morgan fingerprint density at radius 3 is 2.83 bits per heavy atom. The fourth-order valence-corrected chi connectivity index (χ4v) is 3.21. The van der Waals surface area contributed by atoms with E-state index in [4.69, 9.17) is 0 Å². The molecule has 1 aromatic heterocycles. The summed E-state index contributed by atoms with van der Waals surface area (Å²) in [5.74, 6) is 0. The molecule has 2 heterocycles. The molecule has 1 N–H and O–H groups in total. The fourth-order valence-electron chi connectivity index (χ4n) is 1.54. The molecule has 0 bridgehead atoms. The van der Waals surface area contributed by atoms with Crippen molar-refractivity contribution >= 4 is 27.3 Å². The zero-order valence-electron chi connectivity index (χ0n) is 7.06. The van der Waals surface area contributed by atoms with Gasteiger partial charge < -0.3 is 5.32 Å². The molecule has 0 atom stereocenters. The predicted molar refractivity (Wildman–Crippen MR) is 56.7 cm³/mol. The first-order valence-corrected chi connectivity index (χ1v) is 5.79. The molecule has 3 heteroatoms. The van der Waals surface area contributed by atoms with Gasteiger partial charge in [0.05, 0.1) is 0 Å². The van der Waals surface area contributed by atoms with Crippen LogP contribution in [0.25, 0.3) is 0 Å². The van der Waals surface area contributed by atoms with Crippen LogP contribution in [0.15, 0.2) is 15.9 Å². The van der Waals surface area contributed by atoms with Gasteiger partial charge in [-0.05, 0) is 33.8 Å². The number of rotatable bonds is 2. The van der Waals surface area contributed by atoms with Gasteiger partial charge in [-0.15, -0.1) is 11.3 Å². The average Bonchev–Trinajstić information content (AvgIpc) is 2.32. The van der Waals surface area contributed by atoms with Crippen LogP contribution in [0.5, 0.6) is 0 Å². The third kappa shape index (κ3) is 1.73. The molecule has 1 aliphatic rings. The highest BCUT2D eigenvalue weighted by Crippen LogP contribution is 2.30. The quantitative estimate of drug-likeness (QED) is 0.845. The van der Waals surface area contributed by atoms with Crippen LogP contribution in [0.4, 0.5) is 0 Å². The number of thiophene rings is 1.